The molecule has 0 bridgehead atoms. The molecule has 1 rings (SSSR count). The van der Waals surface area contributed by atoms with E-state index in [9.17, 15) is 4.79 Å². The van der Waals surface area contributed by atoms with Crippen LogP contribution in [0, 0.1) is 12.5 Å². The van der Waals surface area contributed by atoms with Crippen molar-refractivity contribution in [2.45, 2.75) is 25.9 Å². The molecule has 1 fully saturated rings. The van der Waals surface area contributed by atoms with Gasteiger partial charge in [-0.15, -0.1) is 0 Å². The fraction of sp³-hybridized carbons (Fsp3) is 0.714. The molecule has 0 aromatic rings. The Morgan fingerprint density at radius 1 is 1.70 bits per heavy atom. The van der Waals surface area contributed by atoms with E-state index >= 15 is 0 Å². The summed E-state index contributed by atoms with van der Waals surface area (Å²) in [6, 6.07) is 0. The van der Waals surface area contributed by atoms with Crippen LogP contribution in [0.5, 0.6) is 0 Å². The standard InChI is InChI=1S/C7H11O2.W/c1-6-2-3-9-7(4-6)5-8;/h3,5-7H,2,4H2,1H3;/q-1;. The number of rotatable bonds is 1. The molecule has 0 aromatic heterocycles. The Bertz CT molecular complexity index is 106. The summed E-state index contributed by atoms with van der Waals surface area (Å²) >= 11 is 0. The summed E-state index contributed by atoms with van der Waals surface area (Å²) in [4.78, 5) is 10.2. The van der Waals surface area contributed by atoms with Gasteiger partial charge in [0.1, 0.15) is 6.29 Å². The Morgan fingerprint density at radius 3 is 2.80 bits per heavy atom. The number of ether oxygens (including phenoxy) is 1. The van der Waals surface area contributed by atoms with Crippen molar-refractivity contribution in [2.75, 3.05) is 0 Å². The van der Waals surface area contributed by atoms with Gasteiger partial charge in [0.05, 0.1) is 6.10 Å². The smallest absolute Gasteiger partial charge is 0.145 e. The van der Waals surface area contributed by atoms with Crippen molar-refractivity contribution in [1.29, 1.82) is 0 Å². The fourth-order valence-corrected chi connectivity index (χ4v) is 0.979. The summed E-state index contributed by atoms with van der Waals surface area (Å²) in [6.07, 6.45) is 2.55. The molecule has 58 valence electrons. The van der Waals surface area contributed by atoms with E-state index in [4.69, 9.17) is 4.74 Å². The molecular weight excluding hydrogens is 300 g/mol. The second-order valence-electron chi connectivity index (χ2n) is 2.55. The summed E-state index contributed by atoms with van der Waals surface area (Å²) in [5.74, 6) is 0.606. The maximum Gasteiger partial charge on any atom is 0.145 e. The van der Waals surface area contributed by atoms with Crippen molar-refractivity contribution in [3.8, 4) is 0 Å². The summed E-state index contributed by atoms with van der Waals surface area (Å²) in [6.45, 7) is 3.85. The van der Waals surface area contributed by atoms with Gasteiger partial charge in [-0.2, -0.15) is 6.42 Å². The summed E-state index contributed by atoms with van der Waals surface area (Å²) in [5, 5.41) is 0. The zero-order chi connectivity index (χ0) is 6.69. The van der Waals surface area contributed by atoms with E-state index in [2.05, 4.69) is 6.92 Å². The van der Waals surface area contributed by atoms with Gasteiger partial charge in [0.25, 0.3) is 0 Å². The maximum absolute atomic E-state index is 10.2. The Balaban J connectivity index is 0.000000810. The minimum Gasteiger partial charge on any atom is -0.544 e. The van der Waals surface area contributed by atoms with Crippen molar-refractivity contribution in [3.63, 3.8) is 0 Å². The molecule has 0 radical (unpaired) electrons. The van der Waals surface area contributed by atoms with E-state index < -0.39 is 0 Å². The molecule has 3 heteroatoms. The van der Waals surface area contributed by atoms with E-state index in [0.717, 1.165) is 19.1 Å². The average molecular weight is 311 g/mol. The normalized spacial score (nSPS) is 32.5. The molecule has 0 spiro atoms. The summed E-state index contributed by atoms with van der Waals surface area (Å²) in [7, 11) is 0. The monoisotopic (exact) mass is 311 g/mol. The molecule has 0 N–H and O–H groups in total. The second kappa shape index (κ2) is 5.03. The third kappa shape index (κ3) is 2.94. The molecule has 0 amide bonds. The van der Waals surface area contributed by atoms with Crippen LogP contribution in [0.2, 0.25) is 0 Å². The molecule has 0 aliphatic carbocycles. The van der Waals surface area contributed by atoms with E-state index in [-0.39, 0.29) is 27.2 Å². The third-order valence-electron chi connectivity index (χ3n) is 1.56. The van der Waals surface area contributed by atoms with Crippen LogP contribution in [-0.2, 0) is 30.6 Å². The van der Waals surface area contributed by atoms with Crippen LogP contribution in [-0.4, -0.2) is 12.4 Å². The van der Waals surface area contributed by atoms with Crippen LogP contribution in [0.15, 0.2) is 0 Å². The molecule has 0 saturated carbocycles. The first-order chi connectivity index (χ1) is 4.33. The molecule has 1 aliphatic rings. The van der Waals surface area contributed by atoms with E-state index in [1.165, 1.54) is 0 Å². The number of hydrogen-bond donors (Lipinski definition) is 0. The van der Waals surface area contributed by atoms with Gasteiger partial charge in [-0.3, -0.25) is 0 Å². The minimum absolute atomic E-state index is 0. The van der Waals surface area contributed by atoms with Gasteiger partial charge >= 0.3 is 0 Å². The first-order valence-electron chi connectivity index (χ1n) is 3.25. The zero-order valence-corrected chi connectivity index (χ0v) is 8.88. The van der Waals surface area contributed by atoms with Gasteiger partial charge < -0.3 is 9.53 Å². The fourth-order valence-electron chi connectivity index (χ4n) is 0.979. The predicted octanol–water partition coefficient (Wildman–Crippen LogP) is 1.16. The van der Waals surface area contributed by atoms with Crippen LogP contribution < -0.4 is 0 Å². The number of hydrogen-bond acceptors (Lipinski definition) is 2. The molecule has 2 atom stereocenters. The number of aldehydes is 1. The third-order valence-corrected chi connectivity index (χ3v) is 1.56. The van der Waals surface area contributed by atoms with Gasteiger partial charge in [-0.05, 0) is 6.42 Å². The molecule has 1 heterocycles. The quantitative estimate of drug-likeness (QED) is 0.537. The van der Waals surface area contributed by atoms with E-state index in [1.54, 1.807) is 6.61 Å². The van der Waals surface area contributed by atoms with Crippen LogP contribution in [0.25, 0.3) is 0 Å². The van der Waals surface area contributed by atoms with Crippen molar-refractivity contribution < 1.29 is 30.6 Å². The number of carbonyl (C=O) groups excluding carboxylic acids is 1. The maximum atomic E-state index is 10.2. The molecular formula is C7H11O2W-. The molecule has 0 aromatic carbocycles. The van der Waals surface area contributed by atoms with Crippen LogP contribution >= 0.6 is 0 Å². The second-order valence-corrected chi connectivity index (χ2v) is 2.55. The SMILES string of the molecule is CC1C[CH-]OC(C=O)C1.[W]. The molecule has 2 unspecified atom stereocenters. The Morgan fingerprint density at radius 2 is 2.40 bits per heavy atom. The van der Waals surface area contributed by atoms with Crippen LogP contribution in [0.1, 0.15) is 19.8 Å². The zero-order valence-electron chi connectivity index (χ0n) is 5.95. The van der Waals surface area contributed by atoms with E-state index in [0.29, 0.717) is 5.92 Å². The van der Waals surface area contributed by atoms with E-state index in [1.807, 2.05) is 0 Å². The van der Waals surface area contributed by atoms with Crippen LogP contribution in [0.4, 0.5) is 0 Å². The van der Waals surface area contributed by atoms with Crippen molar-refractivity contribution in [2.24, 2.45) is 5.92 Å². The first kappa shape index (κ1) is 10.3. The first-order valence-corrected chi connectivity index (χ1v) is 3.25. The molecule has 2 nitrogen and oxygen atoms in total. The van der Waals surface area contributed by atoms with Crippen molar-refractivity contribution >= 4 is 6.29 Å². The Kier molecular flexibility index (Phi) is 5.19. The van der Waals surface area contributed by atoms with Crippen LogP contribution in [0.3, 0.4) is 0 Å². The minimum atomic E-state index is -0.172. The average Bonchev–Trinajstić information content (AvgIpc) is 1.88. The van der Waals surface area contributed by atoms with Gasteiger partial charge in [-0.1, -0.05) is 12.8 Å². The Labute approximate surface area is 75.6 Å². The predicted molar refractivity (Wildman–Crippen MR) is 33.6 cm³/mol. The van der Waals surface area contributed by atoms with Crippen molar-refractivity contribution in [1.82, 2.24) is 0 Å². The topological polar surface area (TPSA) is 26.3 Å². The van der Waals surface area contributed by atoms with Gasteiger partial charge in [0, 0.05) is 21.1 Å². The summed E-state index contributed by atoms with van der Waals surface area (Å²) < 4.78 is 5.00. The van der Waals surface area contributed by atoms with Gasteiger partial charge in [0.15, 0.2) is 0 Å². The largest absolute Gasteiger partial charge is 0.544 e. The number of carbonyl (C=O) groups is 1. The molecule has 1 saturated heterocycles. The molecule has 1 aliphatic heterocycles. The Hall–Kier alpha value is 0.318. The van der Waals surface area contributed by atoms with Gasteiger partial charge in [-0.25, -0.2) is 6.61 Å². The summed E-state index contributed by atoms with van der Waals surface area (Å²) in [5.41, 5.74) is 0. The van der Waals surface area contributed by atoms with Crippen molar-refractivity contribution in [3.05, 3.63) is 6.61 Å². The molecule has 10 heavy (non-hydrogen) atoms. The van der Waals surface area contributed by atoms with Gasteiger partial charge in [0.2, 0.25) is 0 Å².